The van der Waals surface area contributed by atoms with Crippen LogP contribution < -0.4 is 5.48 Å². The summed E-state index contributed by atoms with van der Waals surface area (Å²) in [5.41, 5.74) is 4.48. The molecule has 0 aromatic carbocycles. The van der Waals surface area contributed by atoms with Gasteiger partial charge < -0.3 is 4.84 Å². The minimum atomic E-state index is 0.189. The zero-order chi connectivity index (χ0) is 9.10. The maximum atomic E-state index is 6.84. The molecule has 2 heterocycles. The molecule has 13 heavy (non-hydrogen) atoms. The molecule has 1 fully saturated rings. The minimum absolute atomic E-state index is 0.189. The van der Waals surface area contributed by atoms with Crippen molar-refractivity contribution in [2.24, 2.45) is 0 Å². The fraction of sp³-hybridized carbons (Fsp3) is 0.333. The van der Waals surface area contributed by atoms with Gasteiger partial charge in [-0.3, -0.25) is 4.98 Å². The van der Waals surface area contributed by atoms with Crippen LogP contribution >= 0.6 is 0 Å². The molecule has 0 amide bonds. The van der Waals surface area contributed by atoms with E-state index in [0.717, 1.165) is 12.0 Å². The Bertz CT molecular complexity index is 339. The number of hydrogen-bond donors (Lipinski definition) is 1. The normalized spacial score (nSPS) is 21.3. The Balaban J connectivity index is 2.25. The first-order valence-corrected chi connectivity index (χ1v) is 4.10. The number of rotatable bonds is 1. The Morgan fingerprint density at radius 1 is 1.62 bits per heavy atom. The van der Waals surface area contributed by atoms with Crippen LogP contribution in [0.5, 0.6) is 0 Å². The van der Waals surface area contributed by atoms with Gasteiger partial charge in [0.05, 0.1) is 19.2 Å². The Kier molecular flexibility index (Phi) is 2.21. The largest absolute Gasteiger partial charge is 0.301 e. The standard InChI is InChI=1S/C9H9N3O/c1-10-8-4-7(5-11-6-8)9-2-3-13-12-9/h4-6,9,12H,2-3H2/t9-/m0/s1. The van der Waals surface area contributed by atoms with Crippen molar-refractivity contribution >= 4 is 5.69 Å². The van der Waals surface area contributed by atoms with Crippen LogP contribution in [0.1, 0.15) is 18.0 Å². The predicted molar refractivity (Wildman–Crippen MR) is 46.9 cm³/mol. The molecule has 66 valence electrons. The number of hydroxylamine groups is 1. The van der Waals surface area contributed by atoms with E-state index in [1.807, 2.05) is 6.07 Å². The molecule has 1 aromatic rings. The summed E-state index contributed by atoms with van der Waals surface area (Å²) in [6.07, 6.45) is 4.26. The summed E-state index contributed by atoms with van der Waals surface area (Å²) in [5.74, 6) is 0. The molecule has 0 aliphatic carbocycles. The third-order valence-corrected chi connectivity index (χ3v) is 2.01. The second-order valence-corrected chi connectivity index (χ2v) is 2.90. The van der Waals surface area contributed by atoms with Crippen molar-refractivity contribution in [2.45, 2.75) is 12.5 Å². The van der Waals surface area contributed by atoms with Crippen molar-refractivity contribution in [2.75, 3.05) is 6.61 Å². The van der Waals surface area contributed by atoms with Crippen molar-refractivity contribution in [3.8, 4) is 0 Å². The monoisotopic (exact) mass is 175 g/mol. The summed E-state index contributed by atoms with van der Waals surface area (Å²) < 4.78 is 0. The fourth-order valence-corrected chi connectivity index (χ4v) is 1.33. The Morgan fingerprint density at radius 3 is 3.23 bits per heavy atom. The SMILES string of the molecule is [C-]#[N+]c1cncc([C@@H]2CCON2)c1. The molecule has 4 heteroatoms. The number of pyridine rings is 1. The number of hydrogen-bond acceptors (Lipinski definition) is 3. The molecule has 1 aliphatic heterocycles. The molecule has 4 nitrogen and oxygen atoms in total. The van der Waals surface area contributed by atoms with Gasteiger partial charge in [0.25, 0.3) is 0 Å². The molecule has 1 aliphatic rings. The van der Waals surface area contributed by atoms with Gasteiger partial charge in [-0.25, -0.2) is 4.85 Å². The number of nitrogens with zero attached hydrogens (tertiary/aromatic N) is 2. The molecule has 1 aromatic heterocycles. The van der Waals surface area contributed by atoms with Gasteiger partial charge >= 0.3 is 0 Å². The van der Waals surface area contributed by atoms with Crippen LogP contribution in [-0.2, 0) is 4.84 Å². The van der Waals surface area contributed by atoms with Crippen molar-refractivity contribution in [3.63, 3.8) is 0 Å². The molecule has 1 atom stereocenters. The van der Waals surface area contributed by atoms with Crippen molar-refractivity contribution in [1.82, 2.24) is 10.5 Å². The zero-order valence-electron chi connectivity index (χ0n) is 7.03. The lowest BCUT2D eigenvalue weighted by atomic mass is 10.1. The topological polar surface area (TPSA) is 38.5 Å². The Hall–Kier alpha value is -1.44. The second-order valence-electron chi connectivity index (χ2n) is 2.90. The molecular weight excluding hydrogens is 166 g/mol. The van der Waals surface area contributed by atoms with E-state index in [1.54, 1.807) is 12.4 Å². The van der Waals surface area contributed by atoms with Gasteiger partial charge in [-0.05, 0) is 18.1 Å². The lowest BCUT2D eigenvalue weighted by molar-refractivity contribution is 0.0882. The highest BCUT2D eigenvalue weighted by Crippen LogP contribution is 2.23. The van der Waals surface area contributed by atoms with E-state index in [2.05, 4.69) is 15.3 Å². The van der Waals surface area contributed by atoms with E-state index < -0.39 is 0 Å². The lowest BCUT2D eigenvalue weighted by Gasteiger charge is -2.07. The molecular formula is C9H9N3O. The third-order valence-electron chi connectivity index (χ3n) is 2.01. The summed E-state index contributed by atoms with van der Waals surface area (Å²) in [7, 11) is 0. The van der Waals surface area contributed by atoms with E-state index >= 15 is 0 Å². The van der Waals surface area contributed by atoms with Gasteiger partial charge in [-0.1, -0.05) is 0 Å². The summed E-state index contributed by atoms with van der Waals surface area (Å²) in [5, 5.41) is 0. The molecule has 0 saturated carbocycles. The van der Waals surface area contributed by atoms with Gasteiger partial charge in [-0.15, -0.1) is 0 Å². The van der Waals surface area contributed by atoms with Gasteiger partial charge in [0, 0.05) is 12.4 Å². The summed E-state index contributed by atoms with van der Waals surface area (Å²) in [4.78, 5) is 12.3. The number of aromatic nitrogens is 1. The smallest absolute Gasteiger partial charge is 0.205 e. The van der Waals surface area contributed by atoms with Crippen LogP contribution in [0, 0.1) is 6.57 Å². The Labute approximate surface area is 76.3 Å². The van der Waals surface area contributed by atoms with E-state index in [-0.39, 0.29) is 6.04 Å². The number of nitrogens with one attached hydrogen (secondary N) is 1. The second kappa shape index (κ2) is 3.52. The van der Waals surface area contributed by atoms with Gasteiger partial charge in [-0.2, -0.15) is 5.48 Å². The molecule has 0 radical (unpaired) electrons. The van der Waals surface area contributed by atoms with Crippen LogP contribution in [0.3, 0.4) is 0 Å². The van der Waals surface area contributed by atoms with Crippen LogP contribution in [0.15, 0.2) is 18.5 Å². The van der Waals surface area contributed by atoms with E-state index in [1.165, 1.54) is 0 Å². The van der Waals surface area contributed by atoms with Gasteiger partial charge in [0.1, 0.15) is 0 Å². The van der Waals surface area contributed by atoms with Gasteiger partial charge in [0.15, 0.2) is 0 Å². The molecule has 1 saturated heterocycles. The minimum Gasteiger partial charge on any atom is -0.301 e. The van der Waals surface area contributed by atoms with Crippen LogP contribution in [-0.4, -0.2) is 11.6 Å². The highest BCUT2D eigenvalue weighted by Gasteiger charge is 2.17. The van der Waals surface area contributed by atoms with Crippen LogP contribution in [0.2, 0.25) is 0 Å². The first-order valence-electron chi connectivity index (χ1n) is 4.10. The summed E-state index contributed by atoms with van der Waals surface area (Å²) >= 11 is 0. The maximum Gasteiger partial charge on any atom is 0.205 e. The van der Waals surface area contributed by atoms with Gasteiger partial charge in [0.2, 0.25) is 5.69 Å². The van der Waals surface area contributed by atoms with Crippen molar-refractivity contribution in [1.29, 1.82) is 0 Å². The zero-order valence-corrected chi connectivity index (χ0v) is 7.03. The quantitative estimate of drug-likeness (QED) is 0.659. The third kappa shape index (κ3) is 1.66. The average molecular weight is 175 g/mol. The van der Waals surface area contributed by atoms with Crippen LogP contribution in [0.4, 0.5) is 5.69 Å². The van der Waals surface area contributed by atoms with Crippen molar-refractivity contribution in [3.05, 3.63) is 35.4 Å². The predicted octanol–water partition coefficient (Wildman–Crippen LogP) is 1.60. The average Bonchev–Trinajstić information content (AvgIpc) is 2.71. The summed E-state index contributed by atoms with van der Waals surface area (Å²) in [6, 6.07) is 2.03. The highest BCUT2D eigenvalue weighted by molar-refractivity contribution is 5.44. The van der Waals surface area contributed by atoms with E-state index in [0.29, 0.717) is 12.3 Å². The van der Waals surface area contributed by atoms with E-state index in [4.69, 9.17) is 11.4 Å². The highest BCUT2D eigenvalue weighted by atomic mass is 16.7. The van der Waals surface area contributed by atoms with Crippen molar-refractivity contribution < 1.29 is 4.84 Å². The maximum absolute atomic E-state index is 6.84. The van der Waals surface area contributed by atoms with Crippen LogP contribution in [0.25, 0.3) is 4.85 Å². The molecule has 0 bridgehead atoms. The first-order chi connectivity index (χ1) is 6.40. The molecule has 0 spiro atoms. The molecule has 0 unspecified atom stereocenters. The first kappa shape index (κ1) is 8.17. The Morgan fingerprint density at radius 2 is 2.54 bits per heavy atom. The molecule has 1 N–H and O–H groups in total. The lowest BCUT2D eigenvalue weighted by Crippen LogP contribution is -2.11. The molecule has 2 rings (SSSR count). The van der Waals surface area contributed by atoms with E-state index in [9.17, 15) is 0 Å². The fourth-order valence-electron chi connectivity index (χ4n) is 1.33. The summed E-state index contributed by atoms with van der Waals surface area (Å²) in [6.45, 7) is 7.56.